The monoisotopic (exact) mass is 462 g/mol. The van der Waals surface area contributed by atoms with Crippen molar-refractivity contribution < 1.29 is 4.74 Å². The molecule has 0 bridgehead atoms. The predicted octanol–water partition coefficient (Wildman–Crippen LogP) is 6.36. The fourth-order valence-corrected chi connectivity index (χ4v) is 4.39. The second-order valence-corrected chi connectivity index (χ2v) is 9.22. The van der Waals surface area contributed by atoms with Crippen molar-refractivity contribution in [3.8, 4) is 28.1 Å². The zero-order valence-corrected chi connectivity index (χ0v) is 20.1. The van der Waals surface area contributed by atoms with E-state index in [1.54, 1.807) is 6.20 Å². The maximum absolute atomic E-state index is 6.36. The number of aromatic nitrogens is 3. The van der Waals surface area contributed by atoms with E-state index < -0.39 is 0 Å². The van der Waals surface area contributed by atoms with Crippen LogP contribution in [0, 0.1) is 0 Å². The quantitative estimate of drug-likeness (QED) is 0.281. The lowest BCUT2D eigenvalue weighted by Crippen LogP contribution is -2.30. The Morgan fingerprint density at radius 3 is 2.37 bits per heavy atom. The number of H-pyrrole nitrogens is 1. The molecule has 5 aromatic rings. The van der Waals surface area contributed by atoms with Gasteiger partial charge in [0, 0.05) is 28.2 Å². The molecule has 0 aliphatic carbocycles. The molecule has 2 heterocycles. The van der Waals surface area contributed by atoms with E-state index in [0.29, 0.717) is 18.3 Å². The Labute approximate surface area is 206 Å². The Balaban J connectivity index is 1.48. The van der Waals surface area contributed by atoms with Crippen molar-refractivity contribution >= 4 is 10.9 Å². The zero-order valence-electron chi connectivity index (χ0n) is 20.1. The Bertz CT molecular complexity index is 1410. The van der Waals surface area contributed by atoms with Crippen LogP contribution in [0.5, 0.6) is 5.75 Å². The van der Waals surface area contributed by atoms with E-state index in [1.165, 1.54) is 5.56 Å². The number of nitrogens with one attached hydrogen (secondary N) is 1. The Kier molecular flexibility index (Phi) is 6.59. The Morgan fingerprint density at radius 1 is 0.886 bits per heavy atom. The van der Waals surface area contributed by atoms with Crippen molar-refractivity contribution in [3.05, 3.63) is 102 Å². The van der Waals surface area contributed by atoms with Crippen molar-refractivity contribution in [1.82, 2.24) is 15.2 Å². The van der Waals surface area contributed by atoms with Gasteiger partial charge in [-0.1, -0.05) is 80.6 Å². The summed E-state index contributed by atoms with van der Waals surface area (Å²) >= 11 is 0. The molecule has 0 saturated heterocycles. The fraction of sp³-hybridized carbons (Fsp3) is 0.200. The zero-order chi connectivity index (χ0) is 24.2. The number of fused-ring (bicyclic) bond motifs is 1. The number of nitrogens with zero attached hydrogens (tertiary/aromatic N) is 2. The molecule has 3 aromatic carbocycles. The van der Waals surface area contributed by atoms with Crippen LogP contribution < -0.4 is 10.5 Å². The summed E-state index contributed by atoms with van der Waals surface area (Å²) in [6, 6.07) is 28.8. The molecule has 176 valence electrons. The number of rotatable bonds is 8. The third kappa shape index (κ3) is 5.10. The summed E-state index contributed by atoms with van der Waals surface area (Å²) in [6.45, 7) is 4.76. The van der Waals surface area contributed by atoms with Gasteiger partial charge in [0.2, 0.25) is 0 Å². The highest BCUT2D eigenvalue weighted by Crippen LogP contribution is 2.35. The SMILES string of the molecule is CC(C)c1[nH]nc2ccc(-c3cc(OC[C@@H](N)Cc4ccccc4)cnc3-c3ccccc3)cc12. The van der Waals surface area contributed by atoms with Crippen LogP contribution in [-0.2, 0) is 6.42 Å². The second kappa shape index (κ2) is 10.1. The van der Waals surface area contributed by atoms with Gasteiger partial charge in [0.1, 0.15) is 12.4 Å². The van der Waals surface area contributed by atoms with E-state index in [-0.39, 0.29) is 6.04 Å². The van der Waals surface area contributed by atoms with Crippen molar-refractivity contribution in [2.75, 3.05) is 6.61 Å². The van der Waals surface area contributed by atoms with Crippen LogP contribution in [0.25, 0.3) is 33.3 Å². The highest BCUT2D eigenvalue weighted by atomic mass is 16.5. The second-order valence-electron chi connectivity index (χ2n) is 9.22. The number of nitrogens with two attached hydrogens (primary N) is 1. The lowest BCUT2D eigenvalue weighted by atomic mass is 9.96. The van der Waals surface area contributed by atoms with Crippen LogP contribution in [0.1, 0.15) is 31.0 Å². The minimum absolute atomic E-state index is 0.106. The van der Waals surface area contributed by atoms with Gasteiger partial charge in [-0.25, -0.2) is 0 Å². The summed E-state index contributed by atoms with van der Waals surface area (Å²) in [7, 11) is 0. The molecule has 0 fully saturated rings. The van der Waals surface area contributed by atoms with E-state index in [9.17, 15) is 0 Å². The molecule has 0 aliphatic rings. The van der Waals surface area contributed by atoms with Crippen molar-refractivity contribution in [2.24, 2.45) is 5.73 Å². The van der Waals surface area contributed by atoms with Crippen LogP contribution in [0.3, 0.4) is 0 Å². The van der Waals surface area contributed by atoms with Crippen molar-refractivity contribution in [3.63, 3.8) is 0 Å². The van der Waals surface area contributed by atoms with Gasteiger partial charge in [0.05, 0.1) is 17.4 Å². The molecule has 3 N–H and O–H groups in total. The van der Waals surface area contributed by atoms with E-state index in [1.807, 2.05) is 36.4 Å². The smallest absolute Gasteiger partial charge is 0.138 e. The van der Waals surface area contributed by atoms with Crippen LogP contribution in [-0.4, -0.2) is 27.8 Å². The van der Waals surface area contributed by atoms with Gasteiger partial charge in [-0.05, 0) is 41.7 Å². The average molecular weight is 463 g/mol. The number of ether oxygens (including phenoxy) is 1. The maximum atomic E-state index is 6.36. The molecule has 35 heavy (non-hydrogen) atoms. The van der Waals surface area contributed by atoms with Gasteiger partial charge in [-0.15, -0.1) is 0 Å². The third-order valence-corrected chi connectivity index (χ3v) is 6.19. The molecule has 0 saturated carbocycles. The summed E-state index contributed by atoms with van der Waals surface area (Å²) in [5, 5.41) is 8.81. The first kappa shape index (κ1) is 22.8. The standard InChI is InChI=1S/C30H30N4O/c1-20(2)29-27-16-23(13-14-28(27)33-34-29)26-17-25(18-32-30(26)22-11-7-4-8-12-22)35-19-24(31)15-21-9-5-3-6-10-21/h3-14,16-18,20,24H,15,19,31H2,1-2H3,(H,33,34)/t24-/m0/s1. The topological polar surface area (TPSA) is 76.8 Å². The van der Waals surface area contributed by atoms with E-state index in [4.69, 9.17) is 15.5 Å². The molecule has 0 unspecified atom stereocenters. The Morgan fingerprint density at radius 2 is 1.63 bits per heavy atom. The number of pyridine rings is 1. The predicted molar refractivity (Wildman–Crippen MR) is 142 cm³/mol. The van der Waals surface area contributed by atoms with Gasteiger partial charge in [0.25, 0.3) is 0 Å². The molecule has 0 spiro atoms. The summed E-state index contributed by atoms with van der Waals surface area (Å²) < 4.78 is 6.12. The van der Waals surface area contributed by atoms with E-state index >= 15 is 0 Å². The molecule has 0 aliphatic heterocycles. The van der Waals surface area contributed by atoms with Crippen molar-refractivity contribution in [2.45, 2.75) is 32.2 Å². The van der Waals surface area contributed by atoms with Crippen LogP contribution in [0.4, 0.5) is 0 Å². The molecule has 0 amide bonds. The van der Waals surface area contributed by atoms with Crippen LogP contribution in [0.15, 0.2) is 91.1 Å². The third-order valence-electron chi connectivity index (χ3n) is 6.19. The summed E-state index contributed by atoms with van der Waals surface area (Å²) in [6.07, 6.45) is 2.55. The van der Waals surface area contributed by atoms with Gasteiger partial charge < -0.3 is 10.5 Å². The highest BCUT2D eigenvalue weighted by Gasteiger charge is 2.15. The molecular formula is C30H30N4O. The number of aromatic amines is 1. The van der Waals surface area contributed by atoms with Crippen molar-refractivity contribution in [1.29, 1.82) is 0 Å². The lowest BCUT2D eigenvalue weighted by molar-refractivity contribution is 0.287. The van der Waals surface area contributed by atoms with Crippen LogP contribution >= 0.6 is 0 Å². The number of hydrogen-bond donors (Lipinski definition) is 2. The molecule has 2 aromatic heterocycles. The molecule has 5 rings (SSSR count). The number of benzene rings is 3. The first-order chi connectivity index (χ1) is 17.1. The minimum atomic E-state index is -0.106. The first-order valence-electron chi connectivity index (χ1n) is 12.0. The Hall–Kier alpha value is -3.96. The largest absolute Gasteiger partial charge is 0.490 e. The van der Waals surface area contributed by atoms with Gasteiger partial charge >= 0.3 is 0 Å². The minimum Gasteiger partial charge on any atom is -0.490 e. The molecule has 0 radical (unpaired) electrons. The van der Waals surface area contributed by atoms with Gasteiger partial charge in [-0.2, -0.15) is 5.10 Å². The molecular weight excluding hydrogens is 432 g/mol. The molecule has 1 atom stereocenters. The molecule has 5 heteroatoms. The normalized spacial score (nSPS) is 12.2. The van der Waals surface area contributed by atoms with E-state index in [2.05, 4.69) is 72.6 Å². The summed E-state index contributed by atoms with van der Waals surface area (Å²) in [5.41, 5.74) is 13.7. The number of hydrogen-bond acceptors (Lipinski definition) is 4. The summed E-state index contributed by atoms with van der Waals surface area (Å²) in [4.78, 5) is 4.82. The van der Waals surface area contributed by atoms with Crippen LogP contribution in [0.2, 0.25) is 0 Å². The van der Waals surface area contributed by atoms with E-state index in [0.717, 1.165) is 45.4 Å². The fourth-order valence-electron chi connectivity index (χ4n) is 4.39. The first-order valence-corrected chi connectivity index (χ1v) is 12.0. The average Bonchev–Trinajstić information content (AvgIpc) is 3.32. The summed E-state index contributed by atoms with van der Waals surface area (Å²) in [5.74, 6) is 1.06. The van der Waals surface area contributed by atoms with Gasteiger partial charge in [0.15, 0.2) is 0 Å². The maximum Gasteiger partial charge on any atom is 0.138 e. The lowest BCUT2D eigenvalue weighted by Gasteiger charge is -2.16. The molecule has 5 nitrogen and oxygen atoms in total. The highest BCUT2D eigenvalue weighted by molar-refractivity contribution is 5.90. The van der Waals surface area contributed by atoms with Gasteiger partial charge in [-0.3, -0.25) is 10.1 Å².